The molecule has 0 radical (unpaired) electrons. The van der Waals surface area contributed by atoms with Gasteiger partial charge in [-0.3, -0.25) is 24.6 Å². The van der Waals surface area contributed by atoms with Gasteiger partial charge in [-0.2, -0.15) is 9.12 Å². The Morgan fingerprint density at radius 3 is 1.97 bits per heavy atom. The summed E-state index contributed by atoms with van der Waals surface area (Å²) in [6, 6.07) is 42.9. The first kappa shape index (κ1) is 45.5. The van der Waals surface area contributed by atoms with Gasteiger partial charge in [-0.1, -0.05) is 54.6 Å². The van der Waals surface area contributed by atoms with Crippen LogP contribution in [0.4, 0.5) is 5.69 Å². The Balaban J connectivity index is 1.20. The van der Waals surface area contributed by atoms with E-state index < -0.39 is 22.0 Å². The van der Waals surface area contributed by atoms with E-state index in [0.29, 0.717) is 61.0 Å². The number of rotatable bonds is 19. The van der Waals surface area contributed by atoms with Crippen molar-refractivity contribution in [3.63, 3.8) is 0 Å². The molecule has 12 nitrogen and oxygen atoms in total. The van der Waals surface area contributed by atoms with Crippen LogP contribution in [-0.2, 0) is 64.9 Å². The first-order chi connectivity index (χ1) is 32.0. The zero-order valence-corrected chi connectivity index (χ0v) is 38.2. The first-order valence-electron chi connectivity index (χ1n) is 22.0. The summed E-state index contributed by atoms with van der Waals surface area (Å²) in [4.78, 5) is 31.9. The van der Waals surface area contributed by atoms with Crippen LogP contribution in [0.5, 0.6) is 5.75 Å². The van der Waals surface area contributed by atoms with E-state index in [1.54, 1.807) is 36.8 Å². The van der Waals surface area contributed by atoms with Gasteiger partial charge in [0.05, 0.1) is 24.2 Å². The number of phenolic OH excluding ortho intramolecular Hbond substituents is 1. The van der Waals surface area contributed by atoms with Crippen molar-refractivity contribution >= 4 is 38.0 Å². The zero-order valence-electron chi connectivity index (χ0n) is 37.4. The fraction of sp³-hybridized carbons (Fsp3) is 0.226. The number of nitrogens with one attached hydrogen (secondary N) is 1. The second kappa shape index (κ2) is 20.8. The zero-order chi connectivity index (χ0) is 46.0. The largest absolute Gasteiger partial charge is 0.507 e. The van der Waals surface area contributed by atoms with Gasteiger partial charge in [0.1, 0.15) is 11.8 Å². The number of phenols is 1. The van der Waals surface area contributed by atoms with E-state index in [9.17, 15) is 18.3 Å². The molecule has 0 aliphatic carbocycles. The molecule has 0 bridgehead atoms. The maximum absolute atomic E-state index is 14.4. The van der Waals surface area contributed by atoms with Gasteiger partial charge in [0.2, 0.25) is 21.2 Å². The molecule has 13 heteroatoms. The maximum atomic E-state index is 14.4. The van der Waals surface area contributed by atoms with Crippen LogP contribution in [-0.4, -0.2) is 66.6 Å². The number of nitrogens with zero attached hydrogens (tertiary/aromatic N) is 6. The summed E-state index contributed by atoms with van der Waals surface area (Å²) in [5.41, 5.74) is 7.55. The number of aromatic nitrogens is 4. The second-order valence-electron chi connectivity index (χ2n) is 16.8. The average Bonchev–Trinajstić information content (AvgIpc) is 3.33. The van der Waals surface area contributed by atoms with Crippen LogP contribution < -0.4 is 14.0 Å². The minimum Gasteiger partial charge on any atom is -0.507 e. The van der Waals surface area contributed by atoms with Crippen molar-refractivity contribution in [1.82, 2.24) is 24.6 Å². The summed E-state index contributed by atoms with van der Waals surface area (Å²) in [6.07, 6.45) is 8.99. The summed E-state index contributed by atoms with van der Waals surface area (Å²) < 4.78 is 39.0. The molecule has 0 saturated carbocycles. The van der Waals surface area contributed by atoms with E-state index in [1.165, 1.54) is 7.11 Å². The van der Waals surface area contributed by atoms with Crippen molar-refractivity contribution in [3.8, 4) is 5.75 Å². The highest BCUT2D eigenvalue weighted by atomic mass is 32.2. The molecule has 5 heterocycles. The number of sulfonamides is 1. The van der Waals surface area contributed by atoms with Gasteiger partial charge in [-0.25, -0.2) is 8.42 Å². The fourth-order valence-corrected chi connectivity index (χ4v) is 10.2. The predicted octanol–water partition coefficient (Wildman–Crippen LogP) is 7.44. The number of anilines is 1. The van der Waals surface area contributed by atoms with Gasteiger partial charge in [-0.15, -0.1) is 0 Å². The molecule has 0 aliphatic heterocycles. The van der Waals surface area contributed by atoms with E-state index in [1.807, 2.05) is 128 Å². The average molecular weight is 901 g/mol. The summed E-state index contributed by atoms with van der Waals surface area (Å²) >= 11 is 0. The predicted molar refractivity (Wildman–Crippen MR) is 256 cm³/mol. The van der Waals surface area contributed by atoms with E-state index >= 15 is 0 Å². The number of methoxy groups -OCH3 is 1. The molecule has 3 aromatic carbocycles. The molecule has 336 valence electrons. The first-order valence-corrected chi connectivity index (χ1v) is 23.5. The normalized spacial score (nSPS) is 12.2. The van der Waals surface area contributed by atoms with Gasteiger partial charge in [-0.05, 0) is 103 Å². The number of carbonyl (C=O) groups excluding carboxylic acids is 1. The number of benzene rings is 3. The van der Waals surface area contributed by atoms with Gasteiger partial charge < -0.3 is 14.7 Å². The number of pyridine rings is 5. The van der Waals surface area contributed by atoms with Gasteiger partial charge >= 0.3 is 5.97 Å². The van der Waals surface area contributed by atoms with E-state index in [0.717, 1.165) is 39.4 Å². The van der Waals surface area contributed by atoms with Gasteiger partial charge in [0.25, 0.3) is 0 Å². The molecule has 1 atom stereocenters. The van der Waals surface area contributed by atoms with Crippen LogP contribution in [0.15, 0.2) is 169 Å². The number of esters is 1. The molecule has 1 unspecified atom stereocenters. The Morgan fingerprint density at radius 2 is 1.30 bits per heavy atom. The molecule has 8 rings (SSSR count). The number of fused-ring (bicyclic) bond motifs is 2. The monoisotopic (exact) mass is 900 g/mol. The highest BCUT2D eigenvalue weighted by Crippen LogP contribution is 2.33. The van der Waals surface area contributed by atoms with Crippen molar-refractivity contribution < 1.29 is 27.5 Å². The number of hydrogen-bond acceptors (Lipinski definition) is 10. The molecule has 0 amide bonds. The molecular weight excluding hydrogens is 847 g/mol. The Labute approximate surface area is 386 Å². The van der Waals surface area contributed by atoms with Crippen molar-refractivity contribution in [2.75, 3.05) is 26.1 Å². The topological polar surface area (TPSA) is 142 Å². The third kappa shape index (κ3) is 11.1. The van der Waals surface area contributed by atoms with E-state index in [2.05, 4.69) is 47.2 Å². The highest BCUT2D eigenvalue weighted by molar-refractivity contribution is 7.89. The number of ether oxygens (including phenoxy) is 1. The van der Waals surface area contributed by atoms with Gasteiger partial charge in [0, 0.05) is 103 Å². The third-order valence-electron chi connectivity index (χ3n) is 11.8. The van der Waals surface area contributed by atoms with Crippen LogP contribution in [0.1, 0.15) is 39.5 Å². The lowest BCUT2D eigenvalue weighted by Crippen LogP contribution is -2.43. The lowest BCUT2D eigenvalue weighted by molar-refractivity contribution is -0.523. The van der Waals surface area contributed by atoms with Crippen LogP contribution in [0, 0.1) is 5.92 Å². The second-order valence-corrected chi connectivity index (χ2v) is 18.5. The Morgan fingerprint density at radius 1 is 0.682 bits per heavy atom. The minimum absolute atomic E-state index is 0.0335. The van der Waals surface area contributed by atoms with E-state index in [-0.39, 0.29) is 23.0 Å². The summed E-state index contributed by atoms with van der Waals surface area (Å²) in [5.74, 6) is -0.643. The molecule has 0 saturated heterocycles. The molecule has 0 spiro atoms. The molecule has 66 heavy (non-hydrogen) atoms. The van der Waals surface area contributed by atoms with Crippen LogP contribution in [0.2, 0.25) is 0 Å². The minimum atomic E-state index is -4.28. The highest BCUT2D eigenvalue weighted by Gasteiger charge is 2.30. The van der Waals surface area contributed by atoms with Crippen molar-refractivity contribution in [2.45, 2.75) is 56.3 Å². The Kier molecular flexibility index (Phi) is 14.4. The van der Waals surface area contributed by atoms with E-state index in [4.69, 9.17) is 4.74 Å². The van der Waals surface area contributed by atoms with Crippen molar-refractivity contribution in [1.29, 1.82) is 0 Å². The SMILES string of the molecule is COC(=O)C(Cc1cc(CC(Cc2ccccn2)Cc2ccccn2)c(O)c(CN(Cc2ccccn2)Cc2cccc3cccc[n+]23)c1)NS(=O)(=O)c1cccc2c(N(C)C)cccc12. The number of hydrogen-bond donors (Lipinski definition) is 2. The van der Waals surface area contributed by atoms with Gasteiger partial charge in [0.15, 0.2) is 6.20 Å². The molecule has 8 aromatic rings. The number of aromatic hydroxyl groups is 1. The molecule has 5 aromatic heterocycles. The molecule has 0 fully saturated rings. The van der Waals surface area contributed by atoms with Crippen molar-refractivity contribution in [3.05, 3.63) is 204 Å². The smallest absolute Gasteiger partial charge is 0.324 e. The fourth-order valence-electron chi connectivity index (χ4n) is 8.75. The molecule has 0 aliphatic rings. The van der Waals surface area contributed by atoms with Crippen LogP contribution >= 0.6 is 0 Å². The lowest BCUT2D eigenvalue weighted by atomic mass is 9.87. The quantitative estimate of drug-likeness (QED) is 0.0622. The molecular formula is C53H54N7O5S+. The Hall–Kier alpha value is -7.06. The summed E-state index contributed by atoms with van der Waals surface area (Å²) in [6.45, 7) is 1.28. The van der Waals surface area contributed by atoms with Crippen LogP contribution in [0.3, 0.4) is 0 Å². The lowest BCUT2D eigenvalue weighted by Gasteiger charge is -2.25. The standard InChI is InChI=1S/C53H53N7O5S/c1-58(2)50-23-13-22-48-47(50)21-14-24-51(48)66(63,64)57-49(53(62)65-3)34-38-29-40(30-39(32-42-15-4-8-25-54-42)33-43-16-5-9-26-55-43)52(61)41(31-38)35-59(36-44-17-6-10-27-56-44)37-46-20-12-19-45-18-7-11-28-60(45)46/h4-29,31,39,49,57H,30,32-37H2,1-3H3/p+1. The van der Waals surface area contributed by atoms with Crippen molar-refractivity contribution in [2.24, 2.45) is 5.92 Å². The Bertz CT molecular complexity index is 2980. The van der Waals surface area contributed by atoms with Crippen LogP contribution in [0.25, 0.3) is 16.3 Å². The summed E-state index contributed by atoms with van der Waals surface area (Å²) in [7, 11) is 0.781. The third-order valence-corrected chi connectivity index (χ3v) is 13.3. The number of carbonyl (C=O) groups is 1. The molecule has 2 N–H and O–H groups in total. The summed E-state index contributed by atoms with van der Waals surface area (Å²) in [5, 5.41) is 13.7. The maximum Gasteiger partial charge on any atom is 0.324 e.